The van der Waals surface area contributed by atoms with Crippen molar-refractivity contribution in [2.75, 3.05) is 6.61 Å². The van der Waals surface area contributed by atoms with Gasteiger partial charge in [-0.05, 0) is 76.0 Å². The second-order valence-electron chi connectivity index (χ2n) is 11.1. The number of benzene rings is 1. The second-order valence-corrected chi connectivity index (χ2v) is 11.1. The zero-order valence-electron chi connectivity index (χ0n) is 22.8. The van der Waals surface area contributed by atoms with E-state index in [0.29, 0.717) is 71.1 Å². The molecule has 2 aliphatic carbocycles. The number of hydrogen-bond donors (Lipinski definition) is 4. The predicted octanol–water partition coefficient (Wildman–Crippen LogP) is 4.44. The number of nitrogens with zero attached hydrogens (tertiary/aromatic N) is 2. The van der Waals surface area contributed by atoms with E-state index in [4.69, 9.17) is 4.74 Å². The SMILES string of the molecule is Cc1[nH]c2c(-c3cc(C(F)F)ccc3OCC3CC3)ncnc2c1C(=O)N[C@H]1CC[C@H](NC(=O)[C@H](C)O)[C@H](C)C1. The summed E-state index contributed by atoms with van der Waals surface area (Å²) < 4.78 is 33.2. The first-order chi connectivity index (χ1) is 19.1. The van der Waals surface area contributed by atoms with E-state index in [2.05, 4.69) is 25.6 Å². The van der Waals surface area contributed by atoms with Crippen LogP contribution in [0.2, 0.25) is 0 Å². The Labute approximate surface area is 231 Å². The third-order valence-electron chi connectivity index (χ3n) is 7.89. The van der Waals surface area contributed by atoms with E-state index < -0.39 is 18.4 Å². The van der Waals surface area contributed by atoms with Crippen LogP contribution in [0.4, 0.5) is 8.78 Å². The fourth-order valence-electron chi connectivity index (χ4n) is 5.39. The third kappa shape index (κ3) is 5.94. The molecule has 5 rings (SSSR count). The lowest BCUT2D eigenvalue weighted by molar-refractivity contribution is -0.129. The molecule has 0 radical (unpaired) electrons. The number of ether oxygens (including phenoxy) is 1. The lowest BCUT2D eigenvalue weighted by Crippen LogP contribution is -2.49. The van der Waals surface area contributed by atoms with Crippen molar-refractivity contribution in [3.8, 4) is 17.0 Å². The van der Waals surface area contributed by atoms with Gasteiger partial charge >= 0.3 is 0 Å². The molecule has 0 bridgehead atoms. The number of H-pyrrole nitrogens is 1. The Hall–Kier alpha value is -3.60. The minimum atomic E-state index is -2.65. The molecule has 11 heteroatoms. The van der Waals surface area contributed by atoms with Crippen LogP contribution in [0.25, 0.3) is 22.3 Å². The van der Waals surface area contributed by atoms with Crippen molar-refractivity contribution in [3.05, 3.63) is 41.3 Å². The first-order valence-corrected chi connectivity index (χ1v) is 13.8. The fourth-order valence-corrected chi connectivity index (χ4v) is 5.39. The Morgan fingerprint density at radius 1 is 1.18 bits per heavy atom. The maximum atomic E-state index is 13.6. The van der Waals surface area contributed by atoms with Gasteiger partial charge in [-0.3, -0.25) is 9.59 Å². The van der Waals surface area contributed by atoms with Crippen LogP contribution in [0, 0.1) is 18.8 Å². The molecular formula is C29H35F2N5O4. The lowest BCUT2D eigenvalue weighted by Gasteiger charge is -2.35. The summed E-state index contributed by atoms with van der Waals surface area (Å²) in [5.41, 5.74) is 2.52. The number of carbonyl (C=O) groups excluding carboxylic acids is 2. The van der Waals surface area contributed by atoms with Crippen LogP contribution in [-0.4, -0.2) is 56.7 Å². The highest BCUT2D eigenvalue weighted by Crippen LogP contribution is 2.38. The van der Waals surface area contributed by atoms with Crippen molar-refractivity contribution in [2.24, 2.45) is 11.8 Å². The van der Waals surface area contributed by atoms with Crippen LogP contribution in [0.1, 0.15) is 74.0 Å². The molecule has 40 heavy (non-hydrogen) atoms. The van der Waals surface area contributed by atoms with Crippen LogP contribution in [0.15, 0.2) is 24.5 Å². The lowest BCUT2D eigenvalue weighted by atomic mass is 9.82. The summed E-state index contributed by atoms with van der Waals surface area (Å²) in [5, 5.41) is 15.5. The Bertz CT molecular complexity index is 1400. The number of aliphatic hydroxyl groups excluding tert-OH is 1. The molecule has 0 spiro atoms. The first-order valence-electron chi connectivity index (χ1n) is 13.8. The number of carbonyl (C=O) groups is 2. The molecule has 2 aliphatic rings. The molecule has 3 aromatic rings. The van der Waals surface area contributed by atoms with Crippen LogP contribution >= 0.6 is 0 Å². The van der Waals surface area contributed by atoms with Gasteiger partial charge in [-0.15, -0.1) is 0 Å². The number of aromatic nitrogens is 3. The van der Waals surface area contributed by atoms with Crippen molar-refractivity contribution in [1.82, 2.24) is 25.6 Å². The molecule has 0 aliphatic heterocycles. The molecule has 2 fully saturated rings. The molecule has 214 valence electrons. The highest BCUT2D eigenvalue weighted by molar-refractivity contribution is 6.09. The monoisotopic (exact) mass is 555 g/mol. The molecule has 9 nitrogen and oxygen atoms in total. The van der Waals surface area contributed by atoms with E-state index in [9.17, 15) is 23.5 Å². The summed E-state index contributed by atoms with van der Waals surface area (Å²) >= 11 is 0. The van der Waals surface area contributed by atoms with Gasteiger partial charge < -0.3 is 25.5 Å². The van der Waals surface area contributed by atoms with Gasteiger partial charge in [-0.2, -0.15) is 0 Å². The number of hydrogen-bond acceptors (Lipinski definition) is 6. The van der Waals surface area contributed by atoms with E-state index >= 15 is 0 Å². The van der Waals surface area contributed by atoms with Gasteiger partial charge in [0, 0.05) is 28.9 Å². The summed E-state index contributed by atoms with van der Waals surface area (Å²) in [6.45, 7) is 5.72. The van der Waals surface area contributed by atoms with E-state index in [1.54, 1.807) is 13.0 Å². The Balaban J connectivity index is 1.39. The Morgan fingerprint density at radius 3 is 2.62 bits per heavy atom. The highest BCUT2D eigenvalue weighted by atomic mass is 19.3. The molecule has 0 saturated heterocycles. The normalized spacial score (nSPS) is 21.8. The maximum absolute atomic E-state index is 13.6. The number of rotatable bonds is 9. The molecule has 2 saturated carbocycles. The van der Waals surface area contributed by atoms with Gasteiger partial charge in [-0.1, -0.05) is 6.92 Å². The topological polar surface area (TPSA) is 129 Å². The largest absolute Gasteiger partial charge is 0.493 e. The van der Waals surface area contributed by atoms with Crippen LogP contribution in [0.5, 0.6) is 5.75 Å². The van der Waals surface area contributed by atoms with Crippen molar-refractivity contribution < 1.29 is 28.2 Å². The molecule has 2 aromatic heterocycles. The van der Waals surface area contributed by atoms with Gasteiger partial charge in [0.2, 0.25) is 5.91 Å². The summed E-state index contributed by atoms with van der Waals surface area (Å²) in [4.78, 5) is 37.4. The summed E-state index contributed by atoms with van der Waals surface area (Å²) in [6, 6.07) is 4.14. The van der Waals surface area contributed by atoms with E-state index in [-0.39, 0.29) is 29.5 Å². The number of aliphatic hydroxyl groups is 1. The second kappa shape index (κ2) is 11.5. The van der Waals surface area contributed by atoms with Crippen LogP contribution in [-0.2, 0) is 4.79 Å². The third-order valence-corrected chi connectivity index (χ3v) is 7.89. The molecular weight excluding hydrogens is 520 g/mol. The molecule has 4 N–H and O–H groups in total. The van der Waals surface area contributed by atoms with E-state index in [1.165, 1.54) is 25.4 Å². The van der Waals surface area contributed by atoms with Crippen LogP contribution < -0.4 is 15.4 Å². The minimum Gasteiger partial charge on any atom is -0.493 e. The molecule has 2 heterocycles. The summed E-state index contributed by atoms with van der Waals surface area (Å²) in [5.74, 6) is 0.357. The van der Waals surface area contributed by atoms with Crippen molar-refractivity contribution >= 4 is 22.8 Å². The maximum Gasteiger partial charge on any atom is 0.263 e. The average molecular weight is 556 g/mol. The van der Waals surface area contributed by atoms with Crippen LogP contribution in [0.3, 0.4) is 0 Å². The standard InChI is InChI=1S/C29H35F2N5O4/c1-14-10-19(7-8-21(14)36-28(38)16(3)37)35-29(39)23-15(2)34-26-24(32-13-33-25(23)26)20-11-18(27(30)31)6-9-22(20)40-12-17-4-5-17/h6,9,11,13-14,16-17,19,21,27,34,37H,4-5,7-8,10,12H2,1-3H3,(H,35,39)(H,36,38)/t14-,16+,19+,21+/m1/s1. The molecule has 2 amide bonds. The zero-order chi connectivity index (χ0) is 28.6. The molecule has 1 aromatic carbocycles. The average Bonchev–Trinajstić information content (AvgIpc) is 3.68. The van der Waals surface area contributed by atoms with Gasteiger partial charge in [0.15, 0.2) is 0 Å². The quantitative estimate of drug-likeness (QED) is 0.309. The van der Waals surface area contributed by atoms with E-state index in [1.807, 2.05) is 6.92 Å². The Morgan fingerprint density at radius 2 is 1.95 bits per heavy atom. The number of halogens is 2. The zero-order valence-corrected chi connectivity index (χ0v) is 22.8. The summed E-state index contributed by atoms with van der Waals surface area (Å²) in [6.07, 6.45) is 1.80. The predicted molar refractivity (Wildman–Crippen MR) is 145 cm³/mol. The van der Waals surface area contributed by atoms with E-state index in [0.717, 1.165) is 12.8 Å². The minimum absolute atomic E-state index is 0.0688. The number of fused-ring (bicyclic) bond motifs is 1. The number of aryl methyl sites for hydroxylation is 1. The van der Waals surface area contributed by atoms with Crippen molar-refractivity contribution in [3.63, 3.8) is 0 Å². The first kappa shape index (κ1) is 27.9. The molecule has 4 atom stereocenters. The van der Waals surface area contributed by atoms with Gasteiger partial charge in [0.05, 0.1) is 17.7 Å². The fraction of sp³-hybridized carbons (Fsp3) is 0.517. The van der Waals surface area contributed by atoms with Crippen molar-refractivity contribution in [2.45, 2.75) is 77.5 Å². The highest BCUT2D eigenvalue weighted by Gasteiger charge is 2.32. The van der Waals surface area contributed by atoms with Crippen molar-refractivity contribution in [1.29, 1.82) is 0 Å². The number of alkyl halides is 2. The van der Waals surface area contributed by atoms with Gasteiger partial charge in [0.25, 0.3) is 12.3 Å². The smallest absolute Gasteiger partial charge is 0.263 e. The van der Waals surface area contributed by atoms with Gasteiger partial charge in [-0.25, -0.2) is 18.7 Å². The Kier molecular flexibility index (Phi) is 8.02. The summed E-state index contributed by atoms with van der Waals surface area (Å²) in [7, 11) is 0. The van der Waals surface area contributed by atoms with Gasteiger partial charge in [0.1, 0.15) is 29.4 Å². The number of amides is 2. The number of nitrogens with one attached hydrogen (secondary N) is 3. The number of aromatic amines is 1. The molecule has 0 unspecified atom stereocenters.